The Hall–Kier alpha value is -0.500. The van der Waals surface area contributed by atoms with E-state index in [-0.39, 0.29) is 0 Å². The van der Waals surface area contributed by atoms with Crippen LogP contribution in [0.15, 0.2) is 12.3 Å². The van der Waals surface area contributed by atoms with Gasteiger partial charge in [0.05, 0.1) is 0 Å². The highest BCUT2D eigenvalue weighted by Crippen LogP contribution is 2.16. The van der Waals surface area contributed by atoms with Gasteiger partial charge >= 0.3 is 0 Å². The fourth-order valence-corrected chi connectivity index (χ4v) is 1.51. The second kappa shape index (κ2) is 6.03. The molecule has 2 nitrogen and oxygen atoms in total. The maximum Gasteiger partial charge on any atom is 0.0331 e. The molecule has 1 aliphatic heterocycles. The summed E-state index contributed by atoms with van der Waals surface area (Å²) in [6, 6.07) is 0.728. The Morgan fingerprint density at radius 2 is 1.92 bits per heavy atom. The summed E-state index contributed by atoms with van der Waals surface area (Å²) in [6.07, 6.45) is 1.28. The highest BCUT2D eigenvalue weighted by Gasteiger charge is 2.22. The third-order valence-corrected chi connectivity index (χ3v) is 2.43. The van der Waals surface area contributed by atoms with Gasteiger partial charge in [0.1, 0.15) is 0 Å². The molecule has 0 bridgehead atoms. The summed E-state index contributed by atoms with van der Waals surface area (Å²) >= 11 is 0. The van der Waals surface area contributed by atoms with Gasteiger partial charge in [0.2, 0.25) is 0 Å². The topological polar surface area (TPSA) is 6.48 Å². The lowest BCUT2D eigenvalue weighted by Crippen LogP contribution is -2.30. The predicted octanol–water partition coefficient (Wildman–Crippen LogP) is 2.18. The molecule has 1 fully saturated rings. The molecule has 78 valence electrons. The van der Waals surface area contributed by atoms with E-state index in [1.165, 1.54) is 18.7 Å². The molecular formula is C11H24N2. The quantitative estimate of drug-likeness (QED) is 0.649. The first-order chi connectivity index (χ1) is 6.11. The Labute approximate surface area is 83.2 Å². The summed E-state index contributed by atoms with van der Waals surface area (Å²) in [4.78, 5) is 4.65. The third kappa shape index (κ3) is 3.81. The first kappa shape index (κ1) is 12.5. The van der Waals surface area contributed by atoms with Crippen LogP contribution in [0.5, 0.6) is 0 Å². The molecule has 2 heteroatoms. The smallest absolute Gasteiger partial charge is 0.0331 e. The highest BCUT2D eigenvalue weighted by atomic mass is 15.2. The Morgan fingerprint density at radius 1 is 1.38 bits per heavy atom. The van der Waals surface area contributed by atoms with E-state index < -0.39 is 0 Å². The van der Waals surface area contributed by atoms with Gasteiger partial charge in [0, 0.05) is 24.8 Å². The molecule has 0 N–H and O–H groups in total. The largest absolute Gasteiger partial charge is 0.374 e. The zero-order valence-electron chi connectivity index (χ0n) is 9.80. The molecule has 0 saturated carbocycles. The number of hydrogen-bond acceptors (Lipinski definition) is 2. The molecule has 1 atom stereocenters. The van der Waals surface area contributed by atoms with Crippen LogP contribution < -0.4 is 0 Å². The number of allylic oxidation sites excluding steroid dienone is 1. The van der Waals surface area contributed by atoms with Crippen molar-refractivity contribution in [3.63, 3.8) is 0 Å². The van der Waals surface area contributed by atoms with E-state index in [0.717, 1.165) is 12.6 Å². The average molecular weight is 184 g/mol. The normalized spacial score (nSPS) is 21.4. The highest BCUT2D eigenvalue weighted by molar-refractivity contribution is 4.95. The molecular weight excluding hydrogens is 160 g/mol. The van der Waals surface area contributed by atoms with Gasteiger partial charge in [-0.3, -0.25) is 0 Å². The van der Waals surface area contributed by atoms with Crippen molar-refractivity contribution in [1.82, 2.24) is 9.80 Å². The lowest BCUT2D eigenvalue weighted by molar-refractivity contribution is 0.291. The molecule has 1 aliphatic rings. The zero-order valence-corrected chi connectivity index (χ0v) is 9.80. The van der Waals surface area contributed by atoms with Crippen LogP contribution in [-0.2, 0) is 0 Å². The fraction of sp³-hybridized carbons (Fsp3) is 0.818. The van der Waals surface area contributed by atoms with Gasteiger partial charge in [0.15, 0.2) is 0 Å². The first-order valence-corrected chi connectivity index (χ1v) is 5.18. The third-order valence-electron chi connectivity index (χ3n) is 2.43. The average Bonchev–Trinajstić information content (AvgIpc) is 2.56. The molecule has 1 heterocycles. The van der Waals surface area contributed by atoms with Crippen LogP contribution in [0.1, 0.15) is 27.2 Å². The molecule has 0 spiro atoms. The molecule has 0 aromatic heterocycles. The fourth-order valence-electron chi connectivity index (χ4n) is 1.51. The summed E-state index contributed by atoms with van der Waals surface area (Å²) in [7, 11) is 4.29. The number of hydrogen-bond donors (Lipinski definition) is 0. The van der Waals surface area contributed by atoms with E-state index >= 15 is 0 Å². The summed E-state index contributed by atoms with van der Waals surface area (Å²) in [5, 5.41) is 0. The summed E-state index contributed by atoms with van der Waals surface area (Å²) in [5.41, 5.74) is 1.20. The molecule has 0 aromatic carbocycles. The number of likely N-dealkylation sites (tertiary alicyclic amines) is 1. The number of rotatable bonds is 2. The second-order valence-electron chi connectivity index (χ2n) is 3.59. The Morgan fingerprint density at radius 3 is 2.15 bits per heavy atom. The Bertz CT molecular complexity index is 152. The standard InChI is InChI=1S/C9H18N2.C2H6/c1-8(2)11-6-5-9(7-11)10(3)4;1-2/h9H,1,5-7H2,2-4H3;1-2H3. The van der Waals surface area contributed by atoms with Gasteiger partial charge in [-0.15, -0.1) is 0 Å². The van der Waals surface area contributed by atoms with E-state index in [0.29, 0.717) is 0 Å². The minimum absolute atomic E-state index is 0.728. The summed E-state index contributed by atoms with van der Waals surface area (Å²) in [5.74, 6) is 0. The molecule has 1 unspecified atom stereocenters. The van der Waals surface area contributed by atoms with Gasteiger partial charge in [-0.25, -0.2) is 0 Å². The van der Waals surface area contributed by atoms with Gasteiger partial charge < -0.3 is 9.80 Å². The molecule has 0 aromatic rings. The minimum Gasteiger partial charge on any atom is -0.374 e. The van der Waals surface area contributed by atoms with E-state index in [9.17, 15) is 0 Å². The maximum absolute atomic E-state index is 3.94. The van der Waals surface area contributed by atoms with Crippen LogP contribution in [0.25, 0.3) is 0 Å². The monoisotopic (exact) mass is 184 g/mol. The maximum atomic E-state index is 3.94. The molecule has 1 saturated heterocycles. The van der Waals surface area contributed by atoms with Crippen molar-refractivity contribution in [3.05, 3.63) is 12.3 Å². The summed E-state index contributed by atoms with van der Waals surface area (Å²) < 4.78 is 0. The van der Waals surface area contributed by atoms with Crippen molar-refractivity contribution in [1.29, 1.82) is 0 Å². The van der Waals surface area contributed by atoms with Crippen molar-refractivity contribution in [2.24, 2.45) is 0 Å². The lowest BCUT2D eigenvalue weighted by atomic mass is 10.2. The van der Waals surface area contributed by atoms with Crippen LogP contribution >= 0.6 is 0 Å². The van der Waals surface area contributed by atoms with Crippen molar-refractivity contribution < 1.29 is 0 Å². The lowest BCUT2D eigenvalue weighted by Gasteiger charge is -2.21. The van der Waals surface area contributed by atoms with E-state index in [1.54, 1.807) is 0 Å². The Balaban J connectivity index is 0.000000671. The van der Waals surface area contributed by atoms with Gasteiger partial charge in [-0.2, -0.15) is 0 Å². The van der Waals surface area contributed by atoms with Crippen LogP contribution in [0, 0.1) is 0 Å². The van der Waals surface area contributed by atoms with Gasteiger partial charge in [-0.1, -0.05) is 20.4 Å². The molecule has 0 aliphatic carbocycles. The van der Waals surface area contributed by atoms with Crippen molar-refractivity contribution in [2.45, 2.75) is 33.2 Å². The van der Waals surface area contributed by atoms with Crippen LogP contribution in [0.3, 0.4) is 0 Å². The van der Waals surface area contributed by atoms with Gasteiger partial charge in [0.25, 0.3) is 0 Å². The van der Waals surface area contributed by atoms with E-state index in [1.807, 2.05) is 13.8 Å². The minimum atomic E-state index is 0.728. The molecule has 0 amide bonds. The van der Waals surface area contributed by atoms with E-state index in [2.05, 4.69) is 37.4 Å². The van der Waals surface area contributed by atoms with Crippen molar-refractivity contribution in [3.8, 4) is 0 Å². The van der Waals surface area contributed by atoms with Gasteiger partial charge in [-0.05, 0) is 27.4 Å². The predicted molar refractivity (Wildman–Crippen MR) is 59.8 cm³/mol. The SMILES string of the molecule is C=C(C)N1CCC(N(C)C)C1.CC. The first-order valence-electron chi connectivity index (χ1n) is 5.18. The van der Waals surface area contributed by atoms with Crippen LogP contribution in [-0.4, -0.2) is 43.0 Å². The van der Waals surface area contributed by atoms with Crippen molar-refractivity contribution in [2.75, 3.05) is 27.2 Å². The molecule has 13 heavy (non-hydrogen) atoms. The van der Waals surface area contributed by atoms with Crippen molar-refractivity contribution >= 4 is 0 Å². The number of likely N-dealkylation sites (N-methyl/N-ethyl adjacent to an activating group) is 1. The summed E-state index contributed by atoms with van der Waals surface area (Å²) in [6.45, 7) is 12.4. The Kier molecular flexibility index (Phi) is 5.80. The number of nitrogens with zero attached hydrogens (tertiary/aromatic N) is 2. The van der Waals surface area contributed by atoms with Crippen LogP contribution in [0.2, 0.25) is 0 Å². The zero-order chi connectivity index (χ0) is 10.4. The van der Waals surface area contributed by atoms with E-state index in [4.69, 9.17) is 0 Å². The molecule has 1 rings (SSSR count). The van der Waals surface area contributed by atoms with Crippen LogP contribution in [0.4, 0.5) is 0 Å². The second-order valence-corrected chi connectivity index (χ2v) is 3.59. The molecule has 0 radical (unpaired) electrons.